The molecule has 3 amide bonds. The fraction of sp³-hybridized carbons (Fsp3) is 0.344. The first kappa shape index (κ1) is 91.3. The number of benzene rings is 9. The highest BCUT2D eigenvalue weighted by atomic mass is 35.5. The standard InChI is InChI=1S/C35H40ClN5O5.C31H33ClN4O5.C30H32ClN5O4/c1-25(2)46-32-6-4-3-5-31(32)41-33(37-30-12-7-26(21-29(30)35(41)43)22-39-17-19-44-20-18-39)23-38-13-15-40(16-14-38)34(42)24-45-28-10-8-27(36)9-11-28;1-21(2)41-28-6-4-3-5-27(28)36-29(33-26-12-7-22(19-37)17-25(26)31(36)39)18-34-13-15-35(16-14-34)30(38)20-40-24-10-8-23(32)9-11-24;1-20(2)40-27-6-4-3-5-26(27)36-28(33-25-12-9-22(32)17-24(25)30(36)38)18-34-13-15-35(16-14-34)29(37)19-39-23-10-7-21(31)8-11-23/h3-12,21,25H,13-20,22-24H2,1-2H3;3-12,17,21,37H,13-16,18-20H2,1-2H3;3-12,17,20H,13-16,18-19,32H2,1-2H3. The molecule has 7 heterocycles. The Labute approximate surface area is 751 Å². The molecule has 4 saturated heterocycles. The third-order valence-electron chi connectivity index (χ3n) is 21.9. The molecule has 16 rings (SSSR count). The first-order valence-corrected chi connectivity index (χ1v) is 43.8. The summed E-state index contributed by atoms with van der Waals surface area (Å²) in [7, 11) is 0. The van der Waals surface area contributed by atoms with Gasteiger partial charge in [0.1, 0.15) is 52.0 Å². The van der Waals surface area contributed by atoms with Gasteiger partial charge < -0.3 is 58.7 Å². The van der Waals surface area contributed by atoms with Gasteiger partial charge in [0.05, 0.1) is 108 Å². The number of rotatable bonds is 27. The number of nitrogens with two attached hydrogens (primary N) is 1. The van der Waals surface area contributed by atoms with E-state index in [1.165, 1.54) is 0 Å². The van der Waals surface area contributed by atoms with Gasteiger partial charge >= 0.3 is 0 Å². The average Bonchev–Trinajstić information content (AvgIpc) is 0.757. The highest BCUT2D eigenvalue weighted by Gasteiger charge is 2.30. The van der Waals surface area contributed by atoms with Crippen LogP contribution in [0.15, 0.2) is 215 Å². The second-order valence-electron chi connectivity index (χ2n) is 32.1. The molecule has 0 bridgehead atoms. The Hall–Kier alpha value is -12.0. The summed E-state index contributed by atoms with van der Waals surface area (Å²) in [5, 5.41) is 12.9. The summed E-state index contributed by atoms with van der Waals surface area (Å²) >= 11 is 17.8. The number of ether oxygens (including phenoxy) is 7. The number of aromatic nitrogens is 6. The number of anilines is 1. The second-order valence-corrected chi connectivity index (χ2v) is 33.4. The van der Waals surface area contributed by atoms with E-state index in [1.807, 2.05) is 131 Å². The second kappa shape index (κ2) is 43.0. The number of piperazine rings is 3. The molecule has 3 N–H and O–H groups in total. The lowest BCUT2D eigenvalue weighted by Gasteiger charge is -2.34. The monoisotopic (exact) mass is 1780 g/mol. The van der Waals surface area contributed by atoms with Crippen LogP contribution in [0.3, 0.4) is 0 Å². The summed E-state index contributed by atoms with van der Waals surface area (Å²) in [6.07, 6.45) is -0.222. The topological polar surface area (TPSA) is 289 Å². The number of nitrogen functional groups attached to an aromatic ring is 1. The normalized spacial score (nSPS) is 14.8. The average molecular weight is 1790 g/mol. The SMILES string of the molecule is CC(C)Oc1ccccc1-n1c(CN2CCN(C(=O)COc3ccc(Cl)cc3)CC2)nc2ccc(CN3CCOCC3)cc2c1=O.CC(C)Oc1ccccc1-n1c(CN2CCN(C(=O)COc3ccc(Cl)cc3)CC2)nc2ccc(CO)cc2c1=O.CC(C)Oc1ccccc1-n1c(CN2CCN(C(=O)COc3ccc(Cl)cc3)CC2)nc2ccc(N)cc2c1=O. The Morgan fingerprint density at radius 2 is 0.677 bits per heavy atom. The molecular formula is C96H105Cl3N14O14. The molecule has 9 aromatic carbocycles. The Morgan fingerprint density at radius 3 is 1.01 bits per heavy atom. The molecule has 4 aliphatic heterocycles. The van der Waals surface area contributed by atoms with E-state index in [0.717, 1.165) is 38.4 Å². The third-order valence-corrected chi connectivity index (χ3v) is 22.6. The number of nitrogens with zero attached hydrogens (tertiary/aromatic N) is 13. The van der Waals surface area contributed by atoms with Crippen LogP contribution in [-0.4, -0.2) is 229 Å². The maximum absolute atomic E-state index is 14.4. The zero-order valence-corrected chi connectivity index (χ0v) is 74.3. The number of halogens is 3. The molecule has 0 saturated carbocycles. The smallest absolute Gasteiger partial charge is 0.266 e. The lowest BCUT2D eigenvalue weighted by molar-refractivity contribution is -0.135. The number of amides is 3. The minimum Gasteiger partial charge on any atom is -0.489 e. The van der Waals surface area contributed by atoms with Gasteiger partial charge in [0.25, 0.3) is 34.4 Å². The molecule has 31 heteroatoms. The minimum absolute atomic E-state index is 0.0342. The zero-order chi connectivity index (χ0) is 89.2. The van der Waals surface area contributed by atoms with Crippen LogP contribution >= 0.6 is 34.8 Å². The Balaban J connectivity index is 0.000000155. The van der Waals surface area contributed by atoms with Crippen molar-refractivity contribution >= 4 is 90.9 Å². The molecule has 4 aliphatic rings. The van der Waals surface area contributed by atoms with Crippen molar-refractivity contribution in [1.29, 1.82) is 0 Å². The van der Waals surface area contributed by atoms with Crippen LogP contribution in [0.4, 0.5) is 5.69 Å². The van der Waals surface area contributed by atoms with E-state index < -0.39 is 0 Å². The van der Waals surface area contributed by atoms with Crippen molar-refractivity contribution < 1.29 is 52.6 Å². The van der Waals surface area contributed by atoms with Gasteiger partial charge in [0.2, 0.25) is 0 Å². The highest BCUT2D eigenvalue weighted by molar-refractivity contribution is 6.31. The number of hydrogen-bond donors (Lipinski definition) is 2. The number of morpholine rings is 1. The van der Waals surface area contributed by atoms with Gasteiger partial charge in [-0.25, -0.2) is 15.0 Å². The number of aliphatic hydroxyl groups excluding tert-OH is 1. The van der Waals surface area contributed by atoms with E-state index in [4.69, 9.17) is 88.6 Å². The maximum Gasteiger partial charge on any atom is 0.266 e. The van der Waals surface area contributed by atoms with Crippen molar-refractivity contribution in [2.75, 3.05) is 130 Å². The largest absolute Gasteiger partial charge is 0.489 e. The predicted octanol–water partition coefficient (Wildman–Crippen LogP) is 12.6. The van der Waals surface area contributed by atoms with Gasteiger partial charge in [-0.3, -0.25) is 62.1 Å². The number of fused-ring (bicyclic) bond motifs is 3. The van der Waals surface area contributed by atoms with Crippen LogP contribution in [0.1, 0.15) is 70.1 Å². The summed E-state index contributed by atoms with van der Waals surface area (Å²) in [6.45, 7) is 23.7. The summed E-state index contributed by atoms with van der Waals surface area (Å²) in [6, 6.07) is 59.7. The lowest BCUT2D eigenvalue weighted by atomic mass is 10.1. The molecule has 3 aromatic heterocycles. The molecular weight excluding hydrogens is 1680 g/mol. The van der Waals surface area contributed by atoms with E-state index >= 15 is 0 Å². The summed E-state index contributed by atoms with van der Waals surface area (Å²) in [4.78, 5) is 110. The van der Waals surface area contributed by atoms with Crippen molar-refractivity contribution in [3.8, 4) is 51.6 Å². The highest BCUT2D eigenvalue weighted by Crippen LogP contribution is 2.31. The number of hydrogen-bond acceptors (Lipinski definition) is 22. The molecule has 4 fully saturated rings. The Morgan fingerprint density at radius 1 is 0.378 bits per heavy atom. The summed E-state index contributed by atoms with van der Waals surface area (Å²) < 4.78 is 45.6. The van der Waals surface area contributed by atoms with Gasteiger partial charge in [-0.2, -0.15) is 0 Å². The molecule has 0 aliphatic carbocycles. The zero-order valence-electron chi connectivity index (χ0n) is 72.0. The number of para-hydroxylation sites is 6. The molecule has 0 radical (unpaired) electrons. The van der Waals surface area contributed by atoms with E-state index in [9.17, 15) is 33.9 Å². The third kappa shape index (κ3) is 23.8. The summed E-state index contributed by atoms with van der Waals surface area (Å²) in [5.74, 6) is 5.17. The van der Waals surface area contributed by atoms with E-state index in [0.29, 0.717) is 226 Å². The molecule has 0 spiro atoms. The van der Waals surface area contributed by atoms with E-state index in [2.05, 4.69) is 25.7 Å². The predicted molar refractivity (Wildman–Crippen MR) is 492 cm³/mol. The van der Waals surface area contributed by atoms with Gasteiger partial charge in [0, 0.05) is 119 Å². The molecule has 0 atom stereocenters. The lowest BCUT2D eigenvalue weighted by Crippen LogP contribution is -2.50. The molecule has 28 nitrogen and oxygen atoms in total. The number of aliphatic hydroxyl groups is 1. The maximum atomic E-state index is 14.4. The van der Waals surface area contributed by atoms with Gasteiger partial charge in [-0.15, -0.1) is 0 Å². The first-order chi connectivity index (χ1) is 61.4. The Bertz CT molecular complexity index is 6010. The van der Waals surface area contributed by atoms with Crippen molar-refractivity contribution in [2.24, 2.45) is 0 Å². The van der Waals surface area contributed by atoms with Gasteiger partial charge in [-0.1, -0.05) is 83.3 Å². The van der Waals surface area contributed by atoms with Crippen molar-refractivity contribution in [1.82, 2.24) is 63.0 Å². The van der Waals surface area contributed by atoms with Crippen LogP contribution in [0.2, 0.25) is 15.1 Å². The van der Waals surface area contributed by atoms with Crippen LogP contribution in [0, 0.1) is 0 Å². The minimum atomic E-state index is -0.228. The van der Waals surface area contributed by atoms with Crippen LogP contribution in [0.5, 0.6) is 34.5 Å². The van der Waals surface area contributed by atoms with Crippen LogP contribution < -0.4 is 50.8 Å². The molecule has 664 valence electrons. The number of carbonyl (C=O) groups excluding carboxylic acids is 3. The van der Waals surface area contributed by atoms with Crippen LogP contribution in [0.25, 0.3) is 49.8 Å². The van der Waals surface area contributed by atoms with Crippen molar-refractivity contribution in [2.45, 2.75) is 92.6 Å². The van der Waals surface area contributed by atoms with Crippen molar-refractivity contribution in [3.63, 3.8) is 0 Å². The van der Waals surface area contributed by atoms with Gasteiger partial charge in [-0.05, 0) is 204 Å². The van der Waals surface area contributed by atoms with E-state index in [1.54, 1.807) is 133 Å². The molecule has 0 unspecified atom stereocenters. The Kier molecular flexibility index (Phi) is 30.9. The fourth-order valence-electron chi connectivity index (χ4n) is 15.4. The summed E-state index contributed by atoms with van der Waals surface area (Å²) in [5.41, 5.74) is 11.4. The fourth-order valence-corrected chi connectivity index (χ4v) is 15.8. The molecule has 12 aromatic rings. The van der Waals surface area contributed by atoms with Crippen LogP contribution in [-0.2, 0) is 51.9 Å². The molecule has 127 heavy (non-hydrogen) atoms. The van der Waals surface area contributed by atoms with E-state index in [-0.39, 0.29) is 79.1 Å². The first-order valence-electron chi connectivity index (χ1n) is 42.7. The van der Waals surface area contributed by atoms with Crippen molar-refractivity contribution in [3.05, 3.63) is 275 Å². The quantitative estimate of drug-likeness (QED) is 0.0452. The van der Waals surface area contributed by atoms with Gasteiger partial charge in [0.15, 0.2) is 19.8 Å². The number of carbonyl (C=O) groups is 3.